The third-order valence-electron chi connectivity index (χ3n) is 3.63. The van der Waals surface area contributed by atoms with E-state index < -0.39 is 5.97 Å². The predicted octanol–water partition coefficient (Wildman–Crippen LogP) is 4.19. The molecule has 0 unspecified atom stereocenters. The van der Waals surface area contributed by atoms with Gasteiger partial charge in [0.05, 0.1) is 5.69 Å². The van der Waals surface area contributed by atoms with Gasteiger partial charge in [-0.3, -0.25) is 0 Å². The smallest absolute Gasteiger partial charge is 0.339 e. The van der Waals surface area contributed by atoms with Crippen molar-refractivity contribution in [3.05, 3.63) is 64.7 Å². The summed E-state index contributed by atoms with van der Waals surface area (Å²) in [7, 11) is 0. The highest BCUT2D eigenvalue weighted by atomic mass is 35.5. The van der Waals surface area contributed by atoms with Crippen molar-refractivity contribution in [3.8, 4) is 22.4 Å². The molecule has 0 aliphatic carbocycles. The van der Waals surface area contributed by atoms with Gasteiger partial charge in [0.2, 0.25) is 0 Å². The van der Waals surface area contributed by atoms with Crippen molar-refractivity contribution in [2.45, 2.75) is 6.92 Å². The van der Waals surface area contributed by atoms with E-state index in [2.05, 4.69) is 9.97 Å². The van der Waals surface area contributed by atoms with Gasteiger partial charge in [-0.1, -0.05) is 11.6 Å². The van der Waals surface area contributed by atoms with Crippen LogP contribution in [0.3, 0.4) is 0 Å². The van der Waals surface area contributed by atoms with Gasteiger partial charge in [0, 0.05) is 16.8 Å². The molecular weight excluding hydrogens is 345 g/mol. The van der Waals surface area contributed by atoms with E-state index in [4.69, 9.17) is 17.3 Å². The average Bonchev–Trinajstić information content (AvgIpc) is 2.54. The Balaban J connectivity index is 2.31. The summed E-state index contributed by atoms with van der Waals surface area (Å²) in [5.74, 6) is -1.69. The maximum Gasteiger partial charge on any atom is 0.339 e. The Kier molecular flexibility index (Phi) is 4.37. The molecular formula is C18H13ClFN3O2. The van der Waals surface area contributed by atoms with Crippen LogP contribution in [0.5, 0.6) is 0 Å². The lowest BCUT2D eigenvalue weighted by Crippen LogP contribution is -2.07. The number of nitrogens with two attached hydrogens (primary N) is 1. The fraction of sp³-hybridized carbons (Fsp3) is 0.0556. The van der Waals surface area contributed by atoms with E-state index in [1.54, 1.807) is 31.2 Å². The maximum atomic E-state index is 13.2. The molecule has 0 atom stereocenters. The number of halogens is 2. The molecule has 0 aliphatic heterocycles. The summed E-state index contributed by atoms with van der Waals surface area (Å²) in [6, 6.07) is 10.5. The molecule has 0 spiro atoms. The summed E-state index contributed by atoms with van der Waals surface area (Å²) < 4.78 is 13.2. The third kappa shape index (κ3) is 3.44. The van der Waals surface area contributed by atoms with Gasteiger partial charge in [-0.05, 0) is 55.0 Å². The number of carboxylic acid groups (broad SMARTS) is 1. The van der Waals surface area contributed by atoms with E-state index in [0.717, 1.165) is 0 Å². The monoisotopic (exact) mass is 357 g/mol. The zero-order valence-corrected chi connectivity index (χ0v) is 13.9. The summed E-state index contributed by atoms with van der Waals surface area (Å²) in [4.78, 5) is 19.8. The number of hydrogen-bond donors (Lipinski definition) is 2. The average molecular weight is 358 g/mol. The molecule has 0 fully saturated rings. The Hall–Kier alpha value is -2.99. The molecule has 3 rings (SSSR count). The highest BCUT2D eigenvalue weighted by molar-refractivity contribution is 6.29. The van der Waals surface area contributed by atoms with Crippen LogP contribution < -0.4 is 5.73 Å². The summed E-state index contributed by atoms with van der Waals surface area (Å²) in [6.07, 6.45) is 0. The normalized spacial score (nSPS) is 10.7. The molecule has 126 valence electrons. The number of rotatable bonds is 3. The first-order valence-electron chi connectivity index (χ1n) is 7.29. The summed E-state index contributed by atoms with van der Waals surface area (Å²) in [5, 5.41) is 9.61. The van der Waals surface area contributed by atoms with Crippen LogP contribution in [0.1, 0.15) is 16.1 Å². The van der Waals surface area contributed by atoms with Crippen molar-refractivity contribution in [2.24, 2.45) is 0 Å². The van der Waals surface area contributed by atoms with E-state index in [-0.39, 0.29) is 22.4 Å². The number of nitrogen functional groups attached to an aromatic ring is 1. The number of hydrogen-bond acceptors (Lipinski definition) is 4. The minimum atomic E-state index is -1.19. The lowest BCUT2D eigenvalue weighted by molar-refractivity contribution is 0.0698. The molecule has 3 aromatic rings. The van der Waals surface area contributed by atoms with Crippen molar-refractivity contribution >= 4 is 23.4 Å². The number of carboxylic acids is 1. The lowest BCUT2D eigenvalue weighted by atomic mass is 9.97. The van der Waals surface area contributed by atoms with Crippen LogP contribution in [-0.2, 0) is 0 Å². The molecule has 0 amide bonds. The van der Waals surface area contributed by atoms with E-state index in [9.17, 15) is 14.3 Å². The third-order valence-corrected chi connectivity index (χ3v) is 3.83. The van der Waals surface area contributed by atoms with E-state index in [0.29, 0.717) is 28.1 Å². The summed E-state index contributed by atoms with van der Waals surface area (Å²) in [6.45, 7) is 1.77. The molecule has 3 N–H and O–H groups in total. The Morgan fingerprint density at radius 3 is 2.40 bits per heavy atom. The first-order chi connectivity index (χ1) is 11.8. The molecule has 0 bridgehead atoms. The minimum Gasteiger partial charge on any atom is -0.478 e. The lowest BCUT2D eigenvalue weighted by Gasteiger charge is -2.13. The fourth-order valence-corrected chi connectivity index (χ4v) is 2.78. The minimum absolute atomic E-state index is 0.118. The van der Waals surface area contributed by atoms with Crippen molar-refractivity contribution in [1.82, 2.24) is 9.97 Å². The quantitative estimate of drug-likeness (QED) is 0.686. The van der Waals surface area contributed by atoms with E-state index in [1.807, 2.05) is 0 Å². The largest absolute Gasteiger partial charge is 0.478 e. The van der Waals surface area contributed by atoms with Crippen LogP contribution in [0.15, 0.2) is 42.5 Å². The first kappa shape index (κ1) is 16.9. The van der Waals surface area contributed by atoms with Crippen molar-refractivity contribution < 1.29 is 14.3 Å². The molecule has 7 heteroatoms. The molecule has 0 aliphatic rings. The van der Waals surface area contributed by atoms with Gasteiger partial charge in [-0.2, -0.15) is 0 Å². The maximum absolute atomic E-state index is 13.2. The zero-order valence-electron chi connectivity index (χ0n) is 13.1. The number of carbonyl (C=O) groups is 1. The SMILES string of the molecule is Cc1cc(-c2cc(C(=O)O)c(N)nc2-c2ccc(F)cc2)cc(Cl)n1. The van der Waals surface area contributed by atoms with Crippen molar-refractivity contribution in [1.29, 1.82) is 0 Å². The number of aromatic carboxylic acids is 1. The topological polar surface area (TPSA) is 89.1 Å². The Labute approximate surface area is 147 Å². The Bertz CT molecular complexity index is 955. The number of aryl methyl sites for hydroxylation is 1. The molecule has 0 saturated heterocycles. The molecule has 25 heavy (non-hydrogen) atoms. The molecule has 1 aromatic carbocycles. The summed E-state index contributed by atoms with van der Waals surface area (Å²) in [5.41, 5.74) is 8.54. The Morgan fingerprint density at radius 2 is 1.80 bits per heavy atom. The highest BCUT2D eigenvalue weighted by Gasteiger charge is 2.18. The predicted molar refractivity (Wildman–Crippen MR) is 94.0 cm³/mol. The van der Waals surface area contributed by atoms with Crippen molar-refractivity contribution in [3.63, 3.8) is 0 Å². The van der Waals surface area contributed by atoms with Gasteiger partial charge in [0.25, 0.3) is 0 Å². The Morgan fingerprint density at radius 1 is 1.12 bits per heavy atom. The van der Waals surface area contributed by atoms with Gasteiger partial charge in [-0.25, -0.2) is 19.2 Å². The molecule has 2 aromatic heterocycles. The van der Waals surface area contributed by atoms with E-state index >= 15 is 0 Å². The number of nitrogens with zero attached hydrogens (tertiary/aromatic N) is 2. The van der Waals surface area contributed by atoms with Crippen LogP contribution in [0.2, 0.25) is 5.15 Å². The van der Waals surface area contributed by atoms with Crippen LogP contribution in [0, 0.1) is 12.7 Å². The number of aromatic nitrogens is 2. The second-order valence-corrected chi connectivity index (χ2v) is 5.84. The molecule has 0 radical (unpaired) electrons. The van der Waals surface area contributed by atoms with Crippen LogP contribution in [0.4, 0.5) is 10.2 Å². The van der Waals surface area contributed by atoms with Crippen molar-refractivity contribution in [2.75, 3.05) is 5.73 Å². The first-order valence-corrected chi connectivity index (χ1v) is 7.67. The van der Waals surface area contributed by atoms with Crippen LogP contribution in [0.25, 0.3) is 22.4 Å². The number of anilines is 1. The van der Waals surface area contributed by atoms with Gasteiger partial charge in [0.15, 0.2) is 0 Å². The molecule has 2 heterocycles. The second-order valence-electron chi connectivity index (χ2n) is 5.45. The fourth-order valence-electron chi connectivity index (χ4n) is 2.53. The number of pyridine rings is 2. The zero-order chi connectivity index (χ0) is 18.1. The highest BCUT2D eigenvalue weighted by Crippen LogP contribution is 2.34. The van der Waals surface area contributed by atoms with Crippen LogP contribution >= 0.6 is 11.6 Å². The molecule has 5 nitrogen and oxygen atoms in total. The van der Waals surface area contributed by atoms with Crippen LogP contribution in [-0.4, -0.2) is 21.0 Å². The number of benzene rings is 1. The standard InChI is InChI=1S/C18H13ClFN3O2/c1-9-6-11(7-15(19)22-9)13-8-14(18(24)25)17(21)23-16(13)10-2-4-12(20)5-3-10/h2-8H,1H3,(H2,21,23)(H,24,25). The van der Waals surface area contributed by atoms with Gasteiger partial charge >= 0.3 is 5.97 Å². The second kappa shape index (κ2) is 6.49. The van der Waals surface area contributed by atoms with E-state index in [1.165, 1.54) is 18.2 Å². The molecule has 0 saturated carbocycles. The summed E-state index contributed by atoms with van der Waals surface area (Å²) >= 11 is 6.03. The van der Waals surface area contributed by atoms with Gasteiger partial charge in [-0.15, -0.1) is 0 Å². The van der Waals surface area contributed by atoms with Gasteiger partial charge in [0.1, 0.15) is 22.4 Å². The van der Waals surface area contributed by atoms with Gasteiger partial charge < -0.3 is 10.8 Å².